The number of carbonyl (C=O) groups is 1. The van der Waals surface area contributed by atoms with E-state index in [1.165, 1.54) is 23.9 Å². The zero-order chi connectivity index (χ0) is 21.6. The molecule has 3 aromatic carbocycles. The average molecular weight is 430 g/mol. The van der Waals surface area contributed by atoms with Crippen LogP contribution in [-0.4, -0.2) is 27.4 Å². The Hall–Kier alpha value is -3.71. The molecule has 6 nitrogen and oxygen atoms in total. The van der Waals surface area contributed by atoms with Gasteiger partial charge in [0.05, 0.1) is 15.5 Å². The summed E-state index contributed by atoms with van der Waals surface area (Å²) in [5, 5.41) is 11.5. The summed E-state index contributed by atoms with van der Waals surface area (Å²) in [5.41, 5.74) is 2.67. The van der Waals surface area contributed by atoms with E-state index in [0.717, 1.165) is 16.8 Å². The first-order valence-electron chi connectivity index (χ1n) is 9.74. The van der Waals surface area contributed by atoms with Gasteiger partial charge in [-0.1, -0.05) is 48.5 Å². The minimum atomic E-state index is -0.442. The molecule has 154 valence electrons. The molecule has 0 aliphatic carbocycles. The molecule has 0 radical (unpaired) electrons. The van der Waals surface area contributed by atoms with Crippen molar-refractivity contribution in [3.05, 3.63) is 111 Å². The summed E-state index contributed by atoms with van der Waals surface area (Å²) >= 11 is 1.32. The third kappa shape index (κ3) is 5.07. The van der Waals surface area contributed by atoms with Gasteiger partial charge >= 0.3 is 0 Å². The first kappa shape index (κ1) is 20.6. The van der Waals surface area contributed by atoms with Crippen LogP contribution in [0.25, 0.3) is 6.08 Å². The number of rotatable bonds is 6. The lowest BCUT2D eigenvalue weighted by Crippen LogP contribution is -2.31. The highest BCUT2D eigenvalue weighted by Crippen LogP contribution is 2.34. The van der Waals surface area contributed by atoms with E-state index < -0.39 is 4.92 Å². The number of nitro groups is 1. The molecule has 7 heteroatoms. The number of carbonyl (C=O) groups excluding carboxylic acids is 1. The van der Waals surface area contributed by atoms with Gasteiger partial charge in [-0.3, -0.25) is 19.8 Å². The predicted molar refractivity (Wildman–Crippen MR) is 124 cm³/mol. The third-order valence-electron chi connectivity index (χ3n) is 4.74. The largest absolute Gasteiger partial charge is 0.286 e. The van der Waals surface area contributed by atoms with Crippen LogP contribution in [0.4, 0.5) is 11.4 Å². The Morgan fingerprint density at radius 1 is 0.935 bits per heavy atom. The number of nitro benzene ring substituents is 1. The van der Waals surface area contributed by atoms with Crippen molar-refractivity contribution in [2.24, 2.45) is 4.99 Å². The lowest BCUT2D eigenvalue weighted by atomic mass is 10.1. The van der Waals surface area contributed by atoms with Gasteiger partial charge in [0.2, 0.25) is 0 Å². The topological polar surface area (TPSA) is 75.8 Å². The Balaban J connectivity index is 1.61. The van der Waals surface area contributed by atoms with Crippen molar-refractivity contribution in [2.75, 3.05) is 6.54 Å². The predicted octanol–water partition coefficient (Wildman–Crippen LogP) is 5.44. The van der Waals surface area contributed by atoms with Gasteiger partial charge in [-0.15, -0.1) is 0 Å². The summed E-state index contributed by atoms with van der Waals surface area (Å²) in [5.74, 6) is -0.117. The van der Waals surface area contributed by atoms with Crippen LogP contribution in [0.2, 0.25) is 0 Å². The Morgan fingerprint density at radius 3 is 2.23 bits per heavy atom. The van der Waals surface area contributed by atoms with E-state index in [4.69, 9.17) is 0 Å². The molecule has 0 unspecified atom stereocenters. The molecular weight excluding hydrogens is 410 g/mol. The van der Waals surface area contributed by atoms with Gasteiger partial charge in [0.25, 0.3) is 11.6 Å². The van der Waals surface area contributed by atoms with Gasteiger partial charge in [0.15, 0.2) is 5.17 Å². The summed E-state index contributed by atoms with van der Waals surface area (Å²) < 4.78 is 0. The minimum Gasteiger partial charge on any atom is -0.286 e. The number of amides is 1. The minimum absolute atomic E-state index is 0.0170. The van der Waals surface area contributed by atoms with Crippen LogP contribution in [0.5, 0.6) is 0 Å². The van der Waals surface area contributed by atoms with Crippen LogP contribution in [0, 0.1) is 10.1 Å². The Labute approximate surface area is 184 Å². The maximum Gasteiger partial charge on any atom is 0.269 e. The van der Waals surface area contributed by atoms with E-state index >= 15 is 0 Å². The highest BCUT2D eigenvalue weighted by Gasteiger charge is 2.33. The summed E-state index contributed by atoms with van der Waals surface area (Å²) in [6.45, 7) is 0.513. The molecule has 31 heavy (non-hydrogen) atoms. The number of hydrogen-bond donors (Lipinski definition) is 0. The van der Waals surface area contributed by atoms with Crippen molar-refractivity contribution in [1.82, 2.24) is 4.90 Å². The SMILES string of the molecule is O=C1/C(=C/c2ccc([N+](=O)[O-])cc2)SC(=Nc2ccccc2)N1CCc1ccccc1. The summed E-state index contributed by atoms with van der Waals surface area (Å²) in [4.78, 5) is 30.5. The quantitative estimate of drug-likeness (QED) is 0.297. The first-order chi connectivity index (χ1) is 15.1. The number of para-hydroxylation sites is 1. The standard InChI is InChI=1S/C24H19N3O3S/c28-23-22(17-19-11-13-21(14-12-19)27(29)30)31-24(25-20-9-5-2-6-10-20)26(23)16-15-18-7-3-1-4-8-18/h1-14,17H,15-16H2/b22-17-,25-24?. The second-order valence-corrected chi connectivity index (χ2v) is 7.89. The van der Waals surface area contributed by atoms with Gasteiger partial charge in [-0.2, -0.15) is 0 Å². The first-order valence-corrected chi connectivity index (χ1v) is 10.6. The molecule has 1 heterocycles. The van der Waals surface area contributed by atoms with E-state index in [1.807, 2.05) is 60.7 Å². The molecular formula is C24H19N3O3S. The van der Waals surface area contributed by atoms with Crippen LogP contribution in [0.1, 0.15) is 11.1 Å². The molecule has 0 N–H and O–H groups in total. The molecule has 1 aliphatic heterocycles. The number of thioether (sulfide) groups is 1. The number of hydrogen-bond acceptors (Lipinski definition) is 5. The lowest BCUT2D eigenvalue weighted by molar-refractivity contribution is -0.384. The fourth-order valence-corrected chi connectivity index (χ4v) is 4.16. The van der Waals surface area contributed by atoms with Crippen LogP contribution in [-0.2, 0) is 11.2 Å². The molecule has 1 saturated heterocycles. The van der Waals surface area contributed by atoms with E-state index in [-0.39, 0.29) is 11.6 Å². The highest BCUT2D eigenvalue weighted by molar-refractivity contribution is 8.18. The van der Waals surface area contributed by atoms with Crippen molar-refractivity contribution in [3.8, 4) is 0 Å². The van der Waals surface area contributed by atoms with Crippen LogP contribution in [0.15, 0.2) is 94.8 Å². The van der Waals surface area contributed by atoms with Crippen LogP contribution >= 0.6 is 11.8 Å². The maximum absolute atomic E-state index is 13.2. The van der Waals surface area contributed by atoms with Gasteiger partial charge < -0.3 is 0 Å². The van der Waals surface area contributed by atoms with Crippen molar-refractivity contribution >= 4 is 40.3 Å². The van der Waals surface area contributed by atoms with E-state index in [0.29, 0.717) is 23.0 Å². The van der Waals surface area contributed by atoms with Gasteiger partial charge in [0.1, 0.15) is 0 Å². The van der Waals surface area contributed by atoms with Crippen LogP contribution in [0.3, 0.4) is 0 Å². The lowest BCUT2D eigenvalue weighted by Gasteiger charge is -2.15. The zero-order valence-corrected chi connectivity index (χ0v) is 17.4. The fraction of sp³-hybridized carbons (Fsp3) is 0.0833. The van der Waals surface area contributed by atoms with E-state index in [9.17, 15) is 14.9 Å². The van der Waals surface area contributed by atoms with Gasteiger partial charge in [-0.05, 0) is 59.7 Å². The molecule has 1 fully saturated rings. The van der Waals surface area contributed by atoms with Crippen LogP contribution < -0.4 is 0 Å². The molecule has 0 spiro atoms. The Kier molecular flexibility index (Phi) is 6.24. The molecule has 0 aromatic heterocycles. The second-order valence-electron chi connectivity index (χ2n) is 6.88. The van der Waals surface area contributed by atoms with E-state index in [1.54, 1.807) is 23.1 Å². The third-order valence-corrected chi connectivity index (χ3v) is 5.74. The molecule has 0 saturated carbocycles. The smallest absolute Gasteiger partial charge is 0.269 e. The monoisotopic (exact) mass is 429 g/mol. The maximum atomic E-state index is 13.2. The molecule has 3 aromatic rings. The van der Waals surface area contributed by atoms with Crippen molar-refractivity contribution in [1.29, 1.82) is 0 Å². The number of non-ortho nitro benzene ring substituents is 1. The van der Waals surface area contributed by atoms with Gasteiger partial charge in [0, 0.05) is 18.7 Å². The summed E-state index contributed by atoms with van der Waals surface area (Å²) in [7, 11) is 0. The highest BCUT2D eigenvalue weighted by atomic mass is 32.2. The second kappa shape index (κ2) is 9.40. The van der Waals surface area contributed by atoms with E-state index in [2.05, 4.69) is 4.99 Å². The average Bonchev–Trinajstić information content (AvgIpc) is 3.08. The number of aliphatic imine (C=N–C) groups is 1. The zero-order valence-electron chi connectivity index (χ0n) is 16.5. The van der Waals surface area contributed by atoms with Gasteiger partial charge in [-0.25, -0.2) is 4.99 Å². The Bertz CT molecular complexity index is 1140. The van der Waals surface area contributed by atoms with Crippen molar-refractivity contribution in [3.63, 3.8) is 0 Å². The fourth-order valence-electron chi connectivity index (χ4n) is 3.13. The normalized spacial score (nSPS) is 16.3. The molecule has 0 atom stereocenters. The number of benzene rings is 3. The molecule has 0 bridgehead atoms. The molecule has 1 aliphatic rings. The molecule has 4 rings (SSSR count). The van der Waals surface area contributed by atoms with Crippen molar-refractivity contribution in [2.45, 2.75) is 6.42 Å². The molecule has 1 amide bonds. The summed E-state index contributed by atoms with van der Waals surface area (Å²) in [6.07, 6.45) is 2.46. The summed E-state index contributed by atoms with van der Waals surface area (Å²) in [6, 6.07) is 25.7. The van der Waals surface area contributed by atoms with Crippen molar-refractivity contribution < 1.29 is 9.72 Å². The number of nitrogens with zero attached hydrogens (tertiary/aromatic N) is 3. The Morgan fingerprint density at radius 2 is 1.58 bits per heavy atom. The number of amidine groups is 1.